The molecule has 0 radical (unpaired) electrons. The van der Waals surface area contributed by atoms with E-state index in [1.165, 1.54) is 0 Å². The SMILES string of the molecule is COc1cc2cc(C(N)=O)[nH]c2cc1OC. The van der Waals surface area contributed by atoms with E-state index < -0.39 is 5.91 Å². The van der Waals surface area contributed by atoms with Crippen molar-refractivity contribution in [3.05, 3.63) is 23.9 Å². The number of rotatable bonds is 3. The highest BCUT2D eigenvalue weighted by atomic mass is 16.5. The van der Waals surface area contributed by atoms with Gasteiger partial charge in [-0.05, 0) is 12.1 Å². The Hall–Kier alpha value is -2.17. The minimum Gasteiger partial charge on any atom is -0.493 e. The molecule has 2 rings (SSSR count). The number of nitrogens with two attached hydrogens (primary N) is 1. The molecule has 84 valence electrons. The number of H-pyrrole nitrogens is 1. The number of fused-ring (bicyclic) bond motifs is 1. The van der Waals surface area contributed by atoms with Crippen LogP contribution in [0.15, 0.2) is 18.2 Å². The number of primary amides is 1. The van der Waals surface area contributed by atoms with Crippen molar-refractivity contribution in [3.8, 4) is 11.5 Å². The third kappa shape index (κ3) is 1.56. The Balaban J connectivity index is 2.64. The summed E-state index contributed by atoms with van der Waals surface area (Å²) >= 11 is 0. The van der Waals surface area contributed by atoms with Gasteiger partial charge < -0.3 is 20.2 Å². The molecule has 5 nitrogen and oxygen atoms in total. The normalized spacial score (nSPS) is 10.4. The molecule has 0 unspecified atom stereocenters. The molecule has 1 aromatic carbocycles. The Labute approximate surface area is 92.1 Å². The van der Waals surface area contributed by atoms with Crippen LogP contribution in [0.4, 0.5) is 0 Å². The summed E-state index contributed by atoms with van der Waals surface area (Å²) in [4.78, 5) is 13.9. The number of hydrogen-bond acceptors (Lipinski definition) is 3. The predicted molar refractivity (Wildman–Crippen MR) is 59.9 cm³/mol. The number of aromatic nitrogens is 1. The molecule has 0 fully saturated rings. The molecule has 0 spiro atoms. The molecule has 0 aliphatic rings. The monoisotopic (exact) mass is 220 g/mol. The highest BCUT2D eigenvalue weighted by molar-refractivity contribution is 5.97. The fourth-order valence-electron chi connectivity index (χ4n) is 1.59. The number of amides is 1. The van der Waals surface area contributed by atoms with Gasteiger partial charge >= 0.3 is 0 Å². The largest absolute Gasteiger partial charge is 0.493 e. The molecular weight excluding hydrogens is 208 g/mol. The highest BCUT2D eigenvalue weighted by Gasteiger charge is 2.10. The Morgan fingerprint density at radius 2 is 1.81 bits per heavy atom. The van der Waals surface area contributed by atoms with Gasteiger partial charge in [0.25, 0.3) is 5.91 Å². The van der Waals surface area contributed by atoms with Crippen molar-refractivity contribution in [3.63, 3.8) is 0 Å². The molecule has 16 heavy (non-hydrogen) atoms. The van der Waals surface area contributed by atoms with Crippen LogP contribution in [0.5, 0.6) is 11.5 Å². The summed E-state index contributed by atoms with van der Waals surface area (Å²) in [6.45, 7) is 0. The van der Waals surface area contributed by atoms with Gasteiger partial charge in [-0.25, -0.2) is 0 Å². The van der Waals surface area contributed by atoms with Crippen LogP contribution >= 0.6 is 0 Å². The molecule has 0 aliphatic carbocycles. The van der Waals surface area contributed by atoms with E-state index in [1.807, 2.05) is 0 Å². The molecule has 0 saturated heterocycles. The molecule has 0 aliphatic heterocycles. The lowest BCUT2D eigenvalue weighted by Gasteiger charge is -2.06. The van der Waals surface area contributed by atoms with Crippen molar-refractivity contribution < 1.29 is 14.3 Å². The lowest BCUT2D eigenvalue weighted by Crippen LogP contribution is -2.10. The van der Waals surface area contributed by atoms with E-state index in [0.717, 1.165) is 10.9 Å². The topological polar surface area (TPSA) is 77.3 Å². The first kappa shape index (κ1) is 10.4. The number of methoxy groups -OCH3 is 2. The van der Waals surface area contributed by atoms with Crippen LogP contribution in [-0.2, 0) is 0 Å². The van der Waals surface area contributed by atoms with E-state index in [2.05, 4.69) is 4.98 Å². The van der Waals surface area contributed by atoms with Crippen LogP contribution < -0.4 is 15.2 Å². The van der Waals surface area contributed by atoms with E-state index in [0.29, 0.717) is 17.2 Å². The lowest BCUT2D eigenvalue weighted by molar-refractivity contribution is 0.0996. The quantitative estimate of drug-likeness (QED) is 0.818. The van der Waals surface area contributed by atoms with Gasteiger partial charge in [0.05, 0.1) is 14.2 Å². The number of benzene rings is 1. The zero-order chi connectivity index (χ0) is 11.7. The summed E-state index contributed by atoms with van der Waals surface area (Å²) in [5.74, 6) is 0.729. The first-order valence-electron chi connectivity index (χ1n) is 4.70. The Kier molecular flexibility index (Phi) is 2.44. The molecule has 1 heterocycles. The van der Waals surface area contributed by atoms with Crippen LogP contribution in [0.1, 0.15) is 10.5 Å². The molecule has 1 amide bonds. The second-order valence-corrected chi connectivity index (χ2v) is 3.34. The zero-order valence-electron chi connectivity index (χ0n) is 9.03. The highest BCUT2D eigenvalue weighted by Crippen LogP contribution is 2.32. The summed E-state index contributed by atoms with van der Waals surface area (Å²) < 4.78 is 10.3. The fourth-order valence-corrected chi connectivity index (χ4v) is 1.59. The number of carbonyl (C=O) groups excluding carboxylic acids is 1. The number of ether oxygens (including phenoxy) is 2. The average molecular weight is 220 g/mol. The van der Waals surface area contributed by atoms with Crippen molar-refractivity contribution >= 4 is 16.8 Å². The van der Waals surface area contributed by atoms with Crippen molar-refractivity contribution in [2.45, 2.75) is 0 Å². The first-order valence-corrected chi connectivity index (χ1v) is 4.70. The molecule has 0 atom stereocenters. The fraction of sp³-hybridized carbons (Fsp3) is 0.182. The van der Waals surface area contributed by atoms with Crippen LogP contribution in [0.2, 0.25) is 0 Å². The number of carbonyl (C=O) groups is 1. The van der Waals surface area contributed by atoms with Crippen molar-refractivity contribution in [1.29, 1.82) is 0 Å². The van der Waals surface area contributed by atoms with E-state index in [9.17, 15) is 4.79 Å². The molecule has 2 aromatic rings. The number of hydrogen-bond donors (Lipinski definition) is 2. The van der Waals surface area contributed by atoms with Gasteiger partial charge in [0.15, 0.2) is 11.5 Å². The minimum atomic E-state index is -0.492. The van der Waals surface area contributed by atoms with Crippen LogP contribution in [0, 0.1) is 0 Å². The lowest BCUT2D eigenvalue weighted by atomic mass is 10.2. The van der Waals surface area contributed by atoms with Crippen LogP contribution in [0.3, 0.4) is 0 Å². The van der Waals surface area contributed by atoms with E-state index in [4.69, 9.17) is 15.2 Å². The number of nitrogens with one attached hydrogen (secondary N) is 1. The maximum atomic E-state index is 11.0. The third-order valence-electron chi connectivity index (χ3n) is 2.39. The molecule has 1 aromatic heterocycles. The van der Waals surface area contributed by atoms with E-state index in [1.54, 1.807) is 32.4 Å². The maximum Gasteiger partial charge on any atom is 0.265 e. The summed E-state index contributed by atoms with van der Waals surface area (Å²) in [5, 5.41) is 0.853. The van der Waals surface area contributed by atoms with Crippen LogP contribution in [-0.4, -0.2) is 25.1 Å². The molecule has 5 heteroatoms. The van der Waals surface area contributed by atoms with E-state index in [-0.39, 0.29) is 0 Å². The van der Waals surface area contributed by atoms with E-state index >= 15 is 0 Å². The first-order chi connectivity index (χ1) is 7.65. The van der Waals surface area contributed by atoms with Gasteiger partial charge in [0, 0.05) is 17.0 Å². The maximum absolute atomic E-state index is 11.0. The average Bonchev–Trinajstić information content (AvgIpc) is 2.69. The third-order valence-corrected chi connectivity index (χ3v) is 2.39. The van der Waals surface area contributed by atoms with Gasteiger partial charge in [-0.3, -0.25) is 4.79 Å². The van der Waals surface area contributed by atoms with Gasteiger partial charge in [-0.1, -0.05) is 0 Å². The molecule has 0 bridgehead atoms. The predicted octanol–water partition coefficient (Wildman–Crippen LogP) is 1.28. The van der Waals surface area contributed by atoms with Crippen LogP contribution in [0.25, 0.3) is 10.9 Å². The van der Waals surface area contributed by atoms with Crippen molar-refractivity contribution in [1.82, 2.24) is 4.98 Å². The Morgan fingerprint density at radius 1 is 1.19 bits per heavy atom. The summed E-state index contributed by atoms with van der Waals surface area (Å²) in [6, 6.07) is 5.23. The molecule has 0 saturated carbocycles. The summed E-state index contributed by atoms with van der Waals surface area (Å²) in [5.41, 5.74) is 6.34. The Bertz CT molecular complexity index is 504. The molecular formula is C11H12N2O3. The second-order valence-electron chi connectivity index (χ2n) is 3.34. The summed E-state index contributed by atoms with van der Waals surface area (Å²) in [7, 11) is 3.12. The van der Waals surface area contributed by atoms with Crippen molar-refractivity contribution in [2.75, 3.05) is 14.2 Å². The molecule has 3 N–H and O–H groups in total. The van der Waals surface area contributed by atoms with Gasteiger partial charge in [-0.15, -0.1) is 0 Å². The smallest absolute Gasteiger partial charge is 0.265 e. The second kappa shape index (κ2) is 3.77. The summed E-state index contributed by atoms with van der Waals surface area (Å²) in [6.07, 6.45) is 0. The van der Waals surface area contributed by atoms with Gasteiger partial charge in [0.2, 0.25) is 0 Å². The minimum absolute atomic E-state index is 0.366. The van der Waals surface area contributed by atoms with Crippen molar-refractivity contribution in [2.24, 2.45) is 5.73 Å². The van der Waals surface area contributed by atoms with Gasteiger partial charge in [0.1, 0.15) is 5.69 Å². The standard InChI is InChI=1S/C11H12N2O3/c1-15-9-4-6-3-8(11(12)14)13-7(6)5-10(9)16-2/h3-5,13H,1-2H3,(H2,12,14). The van der Waals surface area contributed by atoms with Gasteiger partial charge in [-0.2, -0.15) is 0 Å². The Morgan fingerprint density at radius 3 is 2.38 bits per heavy atom. The zero-order valence-corrected chi connectivity index (χ0v) is 9.03. The number of aromatic amines is 1.